The van der Waals surface area contributed by atoms with Gasteiger partial charge in [0.1, 0.15) is 17.6 Å². The molecule has 1 aromatic rings. The molecule has 0 N–H and O–H groups in total. The summed E-state index contributed by atoms with van der Waals surface area (Å²) >= 11 is 0. The van der Waals surface area contributed by atoms with Gasteiger partial charge in [0.15, 0.2) is 0 Å². The number of rotatable bonds is 5. The summed E-state index contributed by atoms with van der Waals surface area (Å²) in [7, 11) is 0. The van der Waals surface area contributed by atoms with E-state index in [2.05, 4.69) is 0 Å². The number of likely N-dealkylation sites (tertiary alicyclic amines) is 1. The normalized spacial score (nSPS) is 18.6. The van der Waals surface area contributed by atoms with Gasteiger partial charge in [-0.05, 0) is 39.3 Å². The van der Waals surface area contributed by atoms with E-state index in [1.54, 1.807) is 9.80 Å². The van der Waals surface area contributed by atoms with Crippen LogP contribution in [0.25, 0.3) is 0 Å². The Hall–Kier alpha value is -1.78. The SMILES string of the molecule is CCN(CC)C(=O)[C@H]1CCC(=O)N1Cc1ccc(C)o1. The summed E-state index contributed by atoms with van der Waals surface area (Å²) in [5, 5.41) is 0. The van der Waals surface area contributed by atoms with E-state index in [0.29, 0.717) is 32.5 Å². The first-order valence-corrected chi connectivity index (χ1v) is 7.20. The average molecular weight is 278 g/mol. The molecular weight excluding hydrogens is 256 g/mol. The van der Waals surface area contributed by atoms with Crippen LogP contribution in [0.5, 0.6) is 0 Å². The van der Waals surface area contributed by atoms with Gasteiger partial charge in [0, 0.05) is 19.5 Å². The van der Waals surface area contributed by atoms with Crippen molar-refractivity contribution < 1.29 is 14.0 Å². The third kappa shape index (κ3) is 2.86. The molecule has 1 atom stereocenters. The van der Waals surface area contributed by atoms with Crippen molar-refractivity contribution in [3.05, 3.63) is 23.7 Å². The van der Waals surface area contributed by atoms with Crippen molar-refractivity contribution in [1.29, 1.82) is 0 Å². The maximum atomic E-state index is 12.5. The number of furan rings is 1. The number of carbonyl (C=O) groups is 2. The Bertz CT molecular complexity index is 491. The van der Waals surface area contributed by atoms with Crippen LogP contribution in [-0.4, -0.2) is 40.7 Å². The van der Waals surface area contributed by atoms with E-state index in [0.717, 1.165) is 11.5 Å². The lowest BCUT2D eigenvalue weighted by Crippen LogP contribution is -2.46. The fraction of sp³-hybridized carbons (Fsp3) is 0.600. The highest BCUT2D eigenvalue weighted by Gasteiger charge is 2.37. The number of nitrogens with zero attached hydrogens (tertiary/aromatic N) is 2. The molecule has 2 heterocycles. The Labute approximate surface area is 119 Å². The van der Waals surface area contributed by atoms with Crippen LogP contribution >= 0.6 is 0 Å². The van der Waals surface area contributed by atoms with Gasteiger partial charge in [-0.2, -0.15) is 0 Å². The van der Waals surface area contributed by atoms with Gasteiger partial charge >= 0.3 is 0 Å². The molecule has 1 aromatic heterocycles. The highest BCUT2D eigenvalue weighted by molar-refractivity contribution is 5.90. The quantitative estimate of drug-likeness (QED) is 0.827. The van der Waals surface area contributed by atoms with Crippen LogP contribution in [0.4, 0.5) is 0 Å². The van der Waals surface area contributed by atoms with E-state index < -0.39 is 0 Å². The smallest absolute Gasteiger partial charge is 0.245 e. The third-order valence-electron chi connectivity index (χ3n) is 3.81. The first-order valence-electron chi connectivity index (χ1n) is 7.20. The van der Waals surface area contributed by atoms with Crippen LogP contribution in [0.3, 0.4) is 0 Å². The van der Waals surface area contributed by atoms with Gasteiger partial charge in [-0.3, -0.25) is 9.59 Å². The van der Waals surface area contributed by atoms with Crippen LogP contribution in [0.2, 0.25) is 0 Å². The lowest BCUT2D eigenvalue weighted by Gasteiger charge is -2.28. The molecule has 0 saturated carbocycles. The fourth-order valence-corrected chi connectivity index (χ4v) is 2.67. The second-order valence-electron chi connectivity index (χ2n) is 5.10. The molecule has 1 saturated heterocycles. The van der Waals surface area contributed by atoms with E-state index in [-0.39, 0.29) is 17.9 Å². The summed E-state index contributed by atoms with van der Waals surface area (Å²) in [6.07, 6.45) is 1.05. The summed E-state index contributed by atoms with van der Waals surface area (Å²) in [5.41, 5.74) is 0. The summed E-state index contributed by atoms with van der Waals surface area (Å²) in [6, 6.07) is 3.39. The third-order valence-corrected chi connectivity index (χ3v) is 3.81. The second-order valence-corrected chi connectivity index (χ2v) is 5.10. The lowest BCUT2D eigenvalue weighted by molar-refractivity contribution is -0.141. The lowest BCUT2D eigenvalue weighted by atomic mass is 10.2. The van der Waals surface area contributed by atoms with E-state index in [1.165, 1.54) is 0 Å². The van der Waals surface area contributed by atoms with Gasteiger partial charge < -0.3 is 14.2 Å². The highest BCUT2D eigenvalue weighted by Crippen LogP contribution is 2.23. The van der Waals surface area contributed by atoms with E-state index in [9.17, 15) is 9.59 Å². The van der Waals surface area contributed by atoms with Gasteiger partial charge in [0.2, 0.25) is 11.8 Å². The molecule has 5 nitrogen and oxygen atoms in total. The molecule has 20 heavy (non-hydrogen) atoms. The van der Waals surface area contributed by atoms with E-state index in [1.807, 2.05) is 32.9 Å². The Balaban J connectivity index is 2.12. The van der Waals surface area contributed by atoms with Crippen LogP contribution in [0.1, 0.15) is 38.2 Å². The number of aryl methyl sites for hydroxylation is 1. The van der Waals surface area contributed by atoms with Crippen LogP contribution in [0.15, 0.2) is 16.5 Å². The molecule has 5 heteroatoms. The summed E-state index contributed by atoms with van der Waals surface area (Å²) in [4.78, 5) is 27.9. The van der Waals surface area contributed by atoms with Crippen LogP contribution in [-0.2, 0) is 16.1 Å². The van der Waals surface area contributed by atoms with Crippen LogP contribution in [0, 0.1) is 6.92 Å². The standard InChI is InChI=1S/C15H22N2O3/c1-4-16(5-2)15(19)13-8-9-14(18)17(13)10-12-7-6-11(3)20-12/h6-7,13H,4-5,8-10H2,1-3H3/t13-/m1/s1. The maximum Gasteiger partial charge on any atom is 0.245 e. The van der Waals surface area contributed by atoms with Crippen molar-refractivity contribution in [3.63, 3.8) is 0 Å². The van der Waals surface area contributed by atoms with Crippen LogP contribution < -0.4 is 0 Å². The maximum absolute atomic E-state index is 12.5. The number of hydrogen-bond acceptors (Lipinski definition) is 3. The van der Waals surface area contributed by atoms with Gasteiger partial charge in [-0.1, -0.05) is 0 Å². The predicted octanol–water partition coefficient (Wildman–Crippen LogP) is 1.95. The average Bonchev–Trinajstić information content (AvgIpc) is 2.99. The van der Waals surface area contributed by atoms with E-state index in [4.69, 9.17) is 4.42 Å². The molecule has 0 aromatic carbocycles. The zero-order chi connectivity index (χ0) is 14.7. The molecular formula is C15H22N2O3. The Morgan fingerprint density at radius 1 is 1.40 bits per heavy atom. The zero-order valence-electron chi connectivity index (χ0n) is 12.4. The number of amides is 2. The molecule has 0 unspecified atom stereocenters. The Morgan fingerprint density at radius 2 is 2.10 bits per heavy atom. The molecule has 2 amide bonds. The number of carbonyl (C=O) groups excluding carboxylic acids is 2. The minimum atomic E-state index is -0.340. The molecule has 0 spiro atoms. The van der Waals surface area contributed by atoms with Crippen molar-refractivity contribution in [1.82, 2.24) is 9.80 Å². The van der Waals surface area contributed by atoms with Crippen molar-refractivity contribution in [3.8, 4) is 0 Å². The van der Waals surface area contributed by atoms with Crippen molar-refractivity contribution in [2.75, 3.05) is 13.1 Å². The second kappa shape index (κ2) is 6.11. The summed E-state index contributed by atoms with van der Waals surface area (Å²) < 4.78 is 5.52. The minimum Gasteiger partial charge on any atom is -0.464 e. The molecule has 110 valence electrons. The highest BCUT2D eigenvalue weighted by atomic mass is 16.3. The van der Waals surface area contributed by atoms with Crippen molar-refractivity contribution in [2.45, 2.75) is 46.2 Å². The molecule has 0 radical (unpaired) electrons. The first kappa shape index (κ1) is 14.6. The molecule has 0 aliphatic carbocycles. The molecule has 2 rings (SSSR count). The number of likely N-dealkylation sites (N-methyl/N-ethyl adjacent to an activating group) is 1. The Morgan fingerprint density at radius 3 is 2.65 bits per heavy atom. The largest absolute Gasteiger partial charge is 0.464 e. The van der Waals surface area contributed by atoms with Gasteiger partial charge in [-0.25, -0.2) is 0 Å². The summed E-state index contributed by atoms with van der Waals surface area (Å²) in [6.45, 7) is 7.51. The topological polar surface area (TPSA) is 53.8 Å². The van der Waals surface area contributed by atoms with Crippen molar-refractivity contribution in [2.24, 2.45) is 0 Å². The minimum absolute atomic E-state index is 0.0320. The molecule has 1 fully saturated rings. The Kier molecular flexibility index (Phi) is 4.47. The van der Waals surface area contributed by atoms with Gasteiger partial charge in [-0.15, -0.1) is 0 Å². The first-order chi connectivity index (χ1) is 9.56. The number of hydrogen-bond donors (Lipinski definition) is 0. The predicted molar refractivity (Wildman–Crippen MR) is 74.9 cm³/mol. The van der Waals surface area contributed by atoms with Gasteiger partial charge in [0.05, 0.1) is 6.54 Å². The van der Waals surface area contributed by atoms with Gasteiger partial charge in [0.25, 0.3) is 0 Å². The summed E-state index contributed by atoms with van der Waals surface area (Å²) in [5.74, 6) is 1.63. The monoisotopic (exact) mass is 278 g/mol. The fourth-order valence-electron chi connectivity index (χ4n) is 2.67. The van der Waals surface area contributed by atoms with E-state index >= 15 is 0 Å². The molecule has 1 aliphatic rings. The molecule has 0 bridgehead atoms. The van der Waals surface area contributed by atoms with Crippen molar-refractivity contribution >= 4 is 11.8 Å². The molecule has 1 aliphatic heterocycles. The zero-order valence-corrected chi connectivity index (χ0v) is 12.4.